The lowest BCUT2D eigenvalue weighted by Gasteiger charge is -2.18. The van der Waals surface area contributed by atoms with E-state index in [9.17, 15) is 19.5 Å². The zero-order valence-electron chi connectivity index (χ0n) is 24.9. The van der Waals surface area contributed by atoms with Crippen LogP contribution < -0.4 is 5.32 Å². The van der Waals surface area contributed by atoms with Crippen LogP contribution in [0, 0.1) is 19.8 Å². The van der Waals surface area contributed by atoms with Crippen LogP contribution in [0.5, 0.6) is 0 Å². The van der Waals surface area contributed by atoms with Crippen molar-refractivity contribution in [3.8, 4) is 22.5 Å². The van der Waals surface area contributed by atoms with Crippen LogP contribution in [0.1, 0.15) is 65.4 Å². The number of hydrogen-bond donors (Lipinski definition) is 2. The number of rotatable bonds is 10. The van der Waals surface area contributed by atoms with Gasteiger partial charge in [-0.05, 0) is 55.9 Å². The maximum Gasteiger partial charge on any atom is 0.325 e. The second-order valence-corrected chi connectivity index (χ2v) is 13.0. The number of nitrogens with one attached hydrogen (secondary N) is 1. The van der Waals surface area contributed by atoms with Crippen molar-refractivity contribution in [1.82, 2.24) is 15.3 Å². The number of nitrogens with zero attached hydrogens (tertiary/aromatic N) is 2. The van der Waals surface area contributed by atoms with E-state index in [1.165, 1.54) is 29.4 Å². The Labute approximate surface area is 251 Å². The fraction of sp³-hybridized carbons (Fsp3) is 0.324. The fourth-order valence-electron chi connectivity index (χ4n) is 4.71. The van der Waals surface area contributed by atoms with E-state index in [2.05, 4.69) is 68.1 Å². The van der Waals surface area contributed by atoms with Crippen molar-refractivity contribution in [2.24, 2.45) is 5.92 Å². The topological polar surface area (TPSA) is 109 Å². The van der Waals surface area contributed by atoms with Gasteiger partial charge in [-0.25, -0.2) is 9.97 Å². The second kappa shape index (κ2) is 12.8. The van der Waals surface area contributed by atoms with Crippen molar-refractivity contribution >= 4 is 29.0 Å². The predicted molar refractivity (Wildman–Crippen MR) is 167 cm³/mol. The molecule has 4 rings (SSSR count). The molecule has 0 aliphatic heterocycles. The average Bonchev–Trinajstić information content (AvgIpc) is 3.44. The lowest BCUT2D eigenvalue weighted by Crippen LogP contribution is -2.42. The molecule has 0 saturated heterocycles. The number of hydrogen-bond acceptors (Lipinski definition) is 6. The van der Waals surface area contributed by atoms with E-state index in [1.807, 2.05) is 48.8 Å². The number of benzene rings is 2. The molecule has 0 unspecified atom stereocenters. The van der Waals surface area contributed by atoms with Crippen molar-refractivity contribution in [3.05, 3.63) is 93.4 Å². The first-order valence-corrected chi connectivity index (χ1v) is 14.8. The van der Waals surface area contributed by atoms with Crippen molar-refractivity contribution < 1.29 is 19.5 Å². The van der Waals surface area contributed by atoms with Gasteiger partial charge in [-0.15, -0.1) is 11.3 Å². The Balaban J connectivity index is 1.51. The summed E-state index contributed by atoms with van der Waals surface area (Å²) in [5.74, 6) is -1.86. The molecule has 42 heavy (non-hydrogen) atoms. The first kappa shape index (κ1) is 30.8. The molecule has 2 atom stereocenters. The van der Waals surface area contributed by atoms with Gasteiger partial charge in [0.1, 0.15) is 6.04 Å². The van der Waals surface area contributed by atoms with E-state index in [0.29, 0.717) is 10.7 Å². The third-order valence-corrected chi connectivity index (χ3v) is 8.60. The second-order valence-electron chi connectivity index (χ2n) is 11.9. The maximum atomic E-state index is 13.2. The van der Waals surface area contributed by atoms with E-state index < -0.39 is 23.8 Å². The van der Waals surface area contributed by atoms with Gasteiger partial charge < -0.3 is 10.4 Å². The van der Waals surface area contributed by atoms with E-state index >= 15 is 0 Å². The number of carbonyl (C=O) groups is 3. The first-order valence-electron chi connectivity index (χ1n) is 14.0. The van der Waals surface area contributed by atoms with Gasteiger partial charge in [0.25, 0.3) is 0 Å². The summed E-state index contributed by atoms with van der Waals surface area (Å²) in [6.07, 6.45) is 3.90. The molecule has 4 aromatic rings. The molecule has 0 fully saturated rings. The van der Waals surface area contributed by atoms with Gasteiger partial charge in [0.15, 0.2) is 11.6 Å². The summed E-state index contributed by atoms with van der Waals surface area (Å²) in [6, 6.07) is 16.6. The molecule has 2 aromatic heterocycles. The predicted octanol–water partition coefficient (Wildman–Crippen LogP) is 6.81. The quantitative estimate of drug-likeness (QED) is 0.199. The Morgan fingerprint density at radius 3 is 2.05 bits per heavy atom. The Morgan fingerprint density at radius 1 is 0.881 bits per heavy atom. The molecule has 0 spiro atoms. The van der Waals surface area contributed by atoms with Crippen LogP contribution in [0.3, 0.4) is 0 Å². The number of ketones is 1. The van der Waals surface area contributed by atoms with Gasteiger partial charge in [0.05, 0.1) is 4.88 Å². The Kier molecular flexibility index (Phi) is 9.36. The molecule has 0 saturated carbocycles. The smallest absolute Gasteiger partial charge is 0.325 e. The van der Waals surface area contributed by atoms with Crippen molar-refractivity contribution in [2.75, 3.05) is 0 Å². The van der Waals surface area contributed by atoms with Crippen molar-refractivity contribution in [1.29, 1.82) is 0 Å². The summed E-state index contributed by atoms with van der Waals surface area (Å²) >= 11 is 1.44. The Morgan fingerprint density at radius 2 is 1.50 bits per heavy atom. The summed E-state index contributed by atoms with van der Waals surface area (Å²) < 4.78 is 0. The molecule has 0 bridgehead atoms. The number of carboxylic acid groups (broad SMARTS) is 1. The monoisotopic (exact) mass is 583 g/mol. The van der Waals surface area contributed by atoms with Gasteiger partial charge >= 0.3 is 5.97 Å². The number of carboxylic acids is 1. The van der Waals surface area contributed by atoms with Crippen LogP contribution >= 0.6 is 11.3 Å². The summed E-state index contributed by atoms with van der Waals surface area (Å²) in [4.78, 5) is 48.5. The highest BCUT2D eigenvalue weighted by Gasteiger charge is 2.27. The third-order valence-electron chi connectivity index (χ3n) is 7.05. The highest BCUT2D eigenvalue weighted by Crippen LogP contribution is 2.31. The minimum Gasteiger partial charge on any atom is -0.480 e. The molecule has 2 aromatic carbocycles. The van der Waals surface area contributed by atoms with Gasteiger partial charge in [0, 0.05) is 40.7 Å². The number of Topliss-reactive ketones (excluding diaryl/α,β-unsaturated/α-hetero) is 1. The number of aliphatic carboxylic acids is 1. The molecule has 0 radical (unpaired) electrons. The van der Waals surface area contributed by atoms with Crippen LogP contribution in [-0.2, 0) is 21.4 Å². The Hall–Kier alpha value is -4.17. The number of aryl methyl sites for hydroxylation is 2. The lowest BCUT2D eigenvalue weighted by atomic mass is 9.92. The summed E-state index contributed by atoms with van der Waals surface area (Å²) in [5, 5.41) is 11.8. The standard InChI is InChI=1S/C34H37N3O4S/c1-20-13-21(2)15-25(14-20)27-18-35-31(36-19-27)24-9-7-23(8-10-24)16-26(32(39)37-22(3)33(40)41)17-28(38)29-11-12-30(42-29)34(4,5)6/h7-15,18-19,22,26H,16-17H2,1-6H3,(H,37,39)(H,40,41)/t22-,26-/m1/s1. The van der Waals surface area contributed by atoms with Crippen LogP contribution in [0.15, 0.2) is 67.0 Å². The lowest BCUT2D eigenvalue weighted by molar-refractivity contribution is -0.141. The third kappa shape index (κ3) is 7.76. The van der Waals surface area contributed by atoms with E-state index in [0.717, 1.165) is 27.1 Å². The zero-order valence-corrected chi connectivity index (χ0v) is 25.7. The largest absolute Gasteiger partial charge is 0.480 e. The summed E-state index contributed by atoms with van der Waals surface area (Å²) in [7, 11) is 0. The highest BCUT2D eigenvalue weighted by atomic mass is 32.1. The summed E-state index contributed by atoms with van der Waals surface area (Å²) in [5.41, 5.74) is 5.97. The van der Waals surface area contributed by atoms with Gasteiger partial charge in [0.2, 0.25) is 5.91 Å². The van der Waals surface area contributed by atoms with E-state index in [-0.39, 0.29) is 24.0 Å². The molecular formula is C34H37N3O4S. The number of carbonyl (C=O) groups excluding carboxylic acids is 2. The molecule has 2 N–H and O–H groups in total. The van der Waals surface area contributed by atoms with Crippen molar-refractivity contribution in [2.45, 2.75) is 65.8 Å². The van der Waals surface area contributed by atoms with Gasteiger partial charge in [-0.1, -0.05) is 74.4 Å². The SMILES string of the molecule is Cc1cc(C)cc(-c2cnc(-c3ccc(C[C@H](CC(=O)c4ccc(C(C)(C)C)s4)C(=O)N[C@H](C)C(=O)O)cc3)nc2)c1. The maximum absolute atomic E-state index is 13.2. The zero-order chi connectivity index (χ0) is 30.6. The van der Waals surface area contributed by atoms with E-state index in [4.69, 9.17) is 0 Å². The molecule has 0 aliphatic carbocycles. The number of thiophene rings is 1. The van der Waals surface area contributed by atoms with E-state index in [1.54, 1.807) is 0 Å². The molecule has 218 valence electrons. The minimum atomic E-state index is -1.13. The number of aromatic nitrogens is 2. The van der Waals surface area contributed by atoms with Crippen LogP contribution in [0.25, 0.3) is 22.5 Å². The molecule has 8 heteroatoms. The van der Waals surface area contributed by atoms with Gasteiger partial charge in [-0.2, -0.15) is 0 Å². The minimum absolute atomic E-state index is 0.0208. The highest BCUT2D eigenvalue weighted by molar-refractivity contribution is 7.14. The van der Waals surface area contributed by atoms with Crippen LogP contribution in [0.2, 0.25) is 0 Å². The van der Waals surface area contributed by atoms with Crippen LogP contribution in [0.4, 0.5) is 0 Å². The first-order chi connectivity index (χ1) is 19.8. The summed E-state index contributed by atoms with van der Waals surface area (Å²) in [6.45, 7) is 11.8. The molecule has 0 aliphatic rings. The molecular weight excluding hydrogens is 546 g/mol. The molecule has 7 nitrogen and oxygen atoms in total. The normalized spacial score (nSPS) is 12.9. The number of amides is 1. The average molecular weight is 584 g/mol. The van der Waals surface area contributed by atoms with Crippen molar-refractivity contribution in [3.63, 3.8) is 0 Å². The fourth-order valence-corrected chi connectivity index (χ4v) is 5.72. The van der Waals surface area contributed by atoms with Gasteiger partial charge in [-0.3, -0.25) is 14.4 Å². The van der Waals surface area contributed by atoms with Crippen LogP contribution in [-0.4, -0.2) is 38.8 Å². The molecule has 2 heterocycles. The Bertz CT molecular complexity index is 1560. The molecule has 1 amide bonds.